The van der Waals surface area contributed by atoms with Crippen molar-refractivity contribution in [2.75, 3.05) is 30.4 Å². The molecule has 30 heavy (non-hydrogen) atoms. The lowest BCUT2D eigenvalue weighted by Crippen LogP contribution is -2.46. The summed E-state index contributed by atoms with van der Waals surface area (Å²) in [6.07, 6.45) is 4.51. The standard InChI is InChI=1S/C20H22FN7O2/c1-12-10-28(11-13(2)30-12)20-23-9-16(21)19(26-20)25-17-6-15(8-24-27-17)14-4-5-18(29-3)22-7-14/h4-9,12-13H,10-11H2,1-3H3,(H,23,25,26,27)/t12-,13+. The van der Waals surface area contributed by atoms with Crippen LogP contribution in [0.4, 0.5) is 22.0 Å². The van der Waals surface area contributed by atoms with Gasteiger partial charge in [-0.05, 0) is 26.0 Å². The Kier molecular flexibility index (Phi) is 5.66. The Hall–Kier alpha value is -3.40. The third-order valence-corrected chi connectivity index (χ3v) is 4.61. The normalized spacial score (nSPS) is 18.9. The van der Waals surface area contributed by atoms with Gasteiger partial charge in [0.05, 0.1) is 31.7 Å². The second kappa shape index (κ2) is 8.54. The summed E-state index contributed by atoms with van der Waals surface area (Å²) >= 11 is 0. The minimum atomic E-state index is -0.577. The Balaban J connectivity index is 1.56. The second-order valence-corrected chi connectivity index (χ2v) is 7.07. The molecule has 3 aromatic rings. The van der Waals surface area contributed by atoms with Gasteiger partial charge in [0.25, 0.3) is 0 Å². The van der Waals surface area contributed by atoms with E-state index in [1.807, 2.05) is 24.8 Å². The zero-order chi connectivity index (χ0) is 21.1. The summed E-state index contributed by atoms with van der Waals surface area (Å²) in [6, 6.07) is 5.36. The zero-order valence-electron chi connectivity index (χ0n) is 16.9. The Morgan fingerprint density at radius 2 is 1.90 bits per heavy atom. The summed E-state index contributed by atoms with van der Waals surface area (Å²) in [5.74, 6) is 0.763. The molecule has 0 bridgehead atoms. The number of hydrogen-bond donors (Lipinski definition) is 1. The van der Waals surface area contributed by atoms with Gasteiger partial charge in [0.15, 0.2) is 17.5 Å². The van der Waals surface area contributed by atoms with Crippen LogP contribution in [0.2, 0.25) is 0 Å². The van der Waals surface area contributed by atoms with Crippen LogP contribution < -0.4 is 15.0 Å². The molecule has 1 N–H and O–H groups in total. The number of nitrogens with one attached hydrogen (secondary N) is 1. The predicted octanol–water partition coefficient (Wildman–Crippen LogP) is 2.83. The molecule has 0 aliphatic carbocycles. The molecule has 1 aliphatic rings. The van der Waals surface area contributed by atoms with Crippen molar-refractivity contribution in [1.82, 2.24) is 25.1 Å². The van der Waals surface area contributed by atoms with Crippen LogP contribution in [0.15, 0.2) is 36.8 Å². The Morgan fingerprint density at radius 3 is 2.60 bits per heavy atom. The molecule has 0 radical (unpaired) electrons. The van der Waals surface area contributed by atoms with E-state index in [-0.39, 0.29) is 18.0 Å². The maximum Gasteiger partial charge on any atom is 0.227 e. The van der Waals surface area contributed by atoms with Crippen LogP contribution in [-0.2, 0) is 4.74 Å². The summed E-state index contributed by atoms with van der Waals surface area (Å²) in [6.45, 7) is 5.24. The van der Waals surface area contributed by atoms with E-state index in [1.165, 1.54) is 0 Å². The molecular weight excluding hydrogens is 389 g/mol. The van der Waals surface area contributed by atoms with Gasteiger partial charge in [-0.1, -0.05) is 0 Å². The number of anilines is 3. The summed E-state index contributed by atoms with van der Waals surface area (Å²) in [5.41, 5.74) is 1.60. The number of aromatic nitrogens is 5. The van der Waals surface area contributed by atoms with Crippen molar-refractivity contribution < 1.29 is 13.9 Å². The first-order valence-electron chi connectivity index (χ1n) is 9.55. The summed E-state index contributed by atoms with van der Waals surface area (Å²) < 4.78 is 25.2. The fourth-order valence-corrected chi connectivity index (χ4v) is 3.32. The molecule has 1 saturated heterocycles. The molecule has 156 valence electrons. The SMILES string of the molecule is COc1ccc(-c2cnnc(Nc3nc(N4C[C@@H](C)O[C@@H](C)C4)ncc3F)c2)cn1. The van der Waals surface area contributed by atoms with Gasteiger partial charge in [-0.15, -0.1) is 5.10 Å². The molecule has 0 spiro atoms. The number of rotatable bonds is 5. The average molecular weight is 411 g/mol. The number of hydrogen-bond acceptors (Lipinski definition) is 9. The van der Waals surface area contributed by atoms with Crippen LogP contribution in [0.5, 0.6) is 5.88 Å². The van der Waals surface area contributed by atoms with E-state index in [0.717, 1.165) is 17.3 Å². The average Bonchev–Trinajstić information content (AvgIpc) is 2.75. The number of methoxy groups -OCH3 is 1. The Bertz CT molecular complexity index is 1010. The van der Waals surface area contributed by atoms with E-state index >= 15 is 0 Å². The van der Waals surface area contributed by atoms with E-state index in [1.54, 1.807) is 31.6 Å². The highest BCUT2D eigenvalue weighted by molar-refractivity contribution is 5.66. The highest BCUT2D eigenvalue weighted by Crippen LogP contribution is 2.25. The molecule has 2 atom stereocenters. The van der Waals surface area contributed by atoms with Crippen molar-refractivity contribution in [3.8, 4) is 17.0 Å². The minimum absolute atomic E-state index is 0.0334. The summed E-state index contributed by atoms with van der Waals surface area (Å²) in [5, 5.41) is 10.9. The van der Waals surface area contributed by atoms with Crippen LogP contribution in [-0.4, -0.2) is 57.6 Å². The topological polar surface area (TPSA) is 98.2 Å². The number of nitrogens with zero attached hydrogens (tertiary/aromatic N) is 6. The number of halogens is 1. The number of ether oxygens (including phenoxy) is 2. The fraction of sp³-hybridized carbons (Fsp3) is 0.350. The molecule has 1 fully saturated rings. The lowest BCUT2D eigenvalue weighted by Gasteiger charge is -2.35. The van der Waals surface area contributed by atoms with Crippen molar-refractivity contribution in [2.45, 2.75) is 26.1 Å². The van der Waals surface area contributed by atoms with Gasteiger partial charge in [0, 0.05) is 36.5 Å². The van der Waals surface area contributed by atoms with Gasteiger partial charge in [-0.2, -0.15) is 10.1 Å². The van der Waals surface area contributed by atoms with Crippen LogP contribution >= 0.6 is 0 Å². The first-order chi connectivity index (χ1) is 14.5. The molecule has 10 heteroatoms. The first kappa shape index (κ1) is 19.9. The smallest absolute Gasteiger partial charge is 0.227 e. The van der Waals surface area contributed by atoms with Gasteiger partial charge >= 0.3 is 0 Å². The molecule has 0 saturated carbocycles. The largest absolute Gasteiger partial charge is 0.481 e. The van der Waals surface area contributed by atoms with Crippen LogP contribution in [0, 0.1) is 5.82 Å². The van der Waals surface area contributed by atoms with Crippen molar-refractivity contribution in [3.63, 3.8) is 0 Å². The van der Waals surface area contributed by atoms with Crippen LogP contribution in [0.1, 0.15) is 13.8 Å². The second-order valence-electron chi connectivity index (χ2n) is 7.07. The molecule has 0 amide bonds. The maximum atomic E-state index is 14.4. The predicted molar refractivity (Wildman–Crippen MR) is 109 cm³/mol. The maximum absolute atomic E-state index is 14.4. The molecule has 4 rings (SSSR count). The molecule has 3 aromatic heterocycles. The molecule has 0 unspecified atom stereocenters. The monoisotopic (exact) mass is 411 g/mol. The highest BCUT2D eigenvalue weighted by atomic mass is 19.1. The zero-order valence-corrected chi connectivity index (χ0v) is 16.9. The van der Waals surface area contributed by atoms with E-state index in [9.17, 15) is 4.39 Å². The Morgan fingerprint density at radius 1 is 1.10 bits per heavy atom. The van der Waals surface area contributed by atoms with Crippen molar-refractivity contribution in [2.24, 2.45) is 0 Å². The summed E-state index contributed by atoms with van der Waals surface area (Å²) in [4.78, 5) is 14.7. The van der Waals surface area contributed by atoms with Gasteiger partial charge in [-0.25, -0.2) is 14.4 Å². The van der Waals surface area contributed by atoms with Gasteiger partial charge in [0.1, 0.15) is 0 Å². The van der Waals surface area contributed by atoms with Gasteiger partial charge in [0.2, 0.25) is 11.8 Å². The molecule has 1 aliphatic heterocycles. The molecular formula is C20H22FN7O2. The molecule has 0 aromatic carbocycles. The highest BCUT2D eigenvalue weighted by Gasteiger charge is 2.24. The third kappa shape index (κ3) is 4.43. The fourth-order valence-electron chi connectivity index (χ4n) is 3.32. The lowest BCUT2D eigenvalue weighted by atomic mass is 10.1. The number of morpholine rings is 1. The van der Waals surface area contributed by atoms with Crippen LogP contribution in [0.25, 0.3) is 11.1 Å². The molecule has 4 heterocycles. The molecule has 9 nitrogen and oxygen atoms in total. The van der Waals surface area contributed by atoms with E-state index in [0.29, 0.717) is 30.7 Å². The minimum Gasteiger partial charge on any atom is -0.481 e. The number of pyridine rings is 1. The van der Waals surface area contributed by atoms with Crippen molar-refractivity contribution in [1.29, 1.82) is 0 Å². The quantitative estimate of drug-likeness (QED) is 0.679. The van der Waals surface area contributed by atoms with Crippen molar-refractivity contribution >= 4 is 17.6 Å². The van der Waals surface area contributed by atoms with Gasteiger partial charge in [-0.3, -0.25) is 0 Å². The third-order valence-electron chi connectivity index (χ3n) is 4.61. The van der Waals surface area contributed by atoms with E-state index in [2.05, 4.69) is 30.5 Å². The summed E-state index contributed by atoms with van der Waals surface area (Å²) in [7, 11) is 1.56. The van der Waals surface area contributed by atoms with Gasteiger partial charge < -0.3 is 19.7 Å². The van der Waals surface area contributed by atoms with E-state index in [4.69, 9.17) is 9.47 Å². The Labute approximate surface area is 173 Å². The first-order valence-corrected chi connectivity index (χ1v) is 9.55. The van der Waals surface area contributed by atoms with Crippen LogP contribution in [0.3, 0.4) is 0 Å². The van der Waals surface area contributed by atoms with E-state index < -0.39 is 5.82 Å². The lowest BCUT2D eigenvalue weighted by molar-refractivity contribution is -0.00572. The van der Waals surface area contributed by atoms with Crippen molar-refractivity contribution in [3.05, 3.63) is 42.6 Å².